The van der Waals surface area contributed by atoms with Gasteiger partial charge in [0.15, 0.2) is 0 Å². The molecule has 0 aliphatic heterocycles. The van der Waals surface area contributed by atoms with E-state index in [0.717, 1.165) is 57.8 Å². The minimum absolute atomic E-state index is 0.0798. The first-order valence-electron chi connectivity index (χ1n) is 12.2. The van der Waals surface area contributed by atoms with E-state index in [2.05, 4.69) is 13.8 Å². The summed E-state index contributed by atoms with van der Waals surface area (Å²) in [5, 5.41) is 19.7. The Balaban J connectivity index is 1.54. The quantitative estimate of drug-likeness (QED) is 0.595. The summed E-state index contributed by atoms with van der Waals surface area (Å²) in [6.07, 6.45) is 12.4. The molecule has 4 rings (SSSR count). The lowest BCUT2D eigenvalue weighted by molar-refractivity contribution is -0.156. The zero-order valence-corrected chi connectivity index (χ0v) is 18.4. The van der Waals surface area contributed by atoms with Crippen LogP contribution < -0.4 is 0 Å². The van der Waals surface area contributed by atoms with E-state index < -0.39 is 5.97 Å². The monoisotopic (exact) mass is 404 g/mol. The molecule has 3 unspecified atom stereocenters. The summed E-state index contributed by atoms with van der Waals surface area (Å²) in [6, 6.07) is 0. The van der Waals surface area contributed by atoms with E-state index in [4.69, 9.17) is 5.11 Å². The molecular weight excluding hydrogens is 364 g/mol. The highest BCUT2D eigenvalue weighted by atomic mass is 16.4. The van der Waals surface area contributed by atoms with Crippen LogP contribution in [-0.4, -0.2) is 28.1 Å². The molecule has 4 saturated carbocycles. The lowest BCUT2D eigenvalue weighted by Gasteiger charge is -2.62. The van der Waals surface area contributed by atoms with Gasteiger partial charge in [0.05, 0.1) is 6.10 Å². The van der Waals surface area contributed by atoms with Crippen molar-refractivity contribution in [1.29, 1.82) is 0 Å². The van der Waals surface area contributed by atoms with Gasteiger partial charge in [-0.05, 0) is 85.4 Å². The minimum atomic E-state index is -0.692. The molecule has 0 heterocycles. The van der Waals surface area contributed by atoms with Crippen LogP contribution >= 0.6 is 0 Å². The second-order valence-corrected chi connectivity index (χ2v) is 11.4. The Morgan fingerprint density at radius 2 is 1.79 bits per heavy atom. The summed E-state index contributed by atoms with van der Waals surface area (Å²) in [5.41, 5.74) is 0.379. The van der Waals surface area contributed by atoms with Crippen LogP contribution in [0.2, 0.25) is 0 Å². The average molecular weight is 405 g/mol. The molecular formula is C25H40O4. The first kappa shape index (κ1) is 21.3. The molecule has 0 bridgehead atoms. The highest BCUT2D eigenvalue weighted by Gasteiger charge is 2.62. The van der Waals surface area contributed by atoms with Gasteiger partial charge in [-0.15, -0.1) is 0 Å². The van der Waals surface area contributed by atoms with E-state index in [1.165, 1.54) is 19.3 Å². The van der Waals surface area contributed by atoms with Crippen molar-refractivity contribution in [2.24, 2.45) is 40.4 Å². The van der Waals surface area contributed by atoms with Gasteiger partial charge in [0.2, 0.25) is 0 Å². The number of hydrogen-bond donors (Lipinski definition) is 2. The Hall–Kier alpha value is -0.900. The van der Waals surface area contributed by atoms with Crippen molar-refractivity contribution in [3.8, 4) is 0 Å². The maximum Gasteiger partial charge on any atom is 0.303 e. The van der Waals surface area contributed by atoms with Crippen LogP contribution in [0, 0.1) is 40.4 Å². The number of carboxylic acid groups (broad SMARTS) is 1. The number of Topliss-reactive ketones (excluding diaryl/α,β-unsaturated/α-hetero) is 1. The lowest BCUT2D eigenvalue weighted by Crippen LogP contribution is -2.57. The number of rotatable bonds is 6. The number of aliphatic hydroxyl groups is 1. The maximum absolute atomic E-state index is 12.3. The number of ketones is 1. The normalized spacial score (nSPS) is 46.7. The number of carbonyl (C=O) groups is 2. The van der Waals surface area contributed by atoms with Crippen LogP contribution in [0.1, 0.15) is 97.3 Å². The van der Waals surface area contributed by atoms with E-state index in [1.807, 2.05) is 0 Å². The summed E-state index contributed by atoms with van der Waals surface area (Å²) in [7, 11) is 0. The molecule has 164 valence electrons. The van der Waals surface area contributed by atoms with E-state index in [0.29, 0.717) is 40.8 Å². The number of carboxylic acids is 1. The van der Waals surface area contributed by atoms with Crippen molar-refractivity contribution in [2.75, 3.05) is 0 Å². The van der Waals surface area contributed by atoms with Gasteiger partial charge in [-0.3, -0.25) is 9.59 Å². The fourth-order valence-electron chi connectivity index (χ4n) is 8.35. The molecule has 4 nitrogen and oxygen atoms in total. The number of unbranched alkanes of at least 4 members (excludes halogenated alkanes) is 2. The first-order valence-corrected chi connectivity index (χ1v) is 12.2. The summed E-state index contributed by atoms with van der Waals surface area (Å²) in [5.74, 6) is 2.94. The third-order valence-corrected chi connectivity index (χ3v) is 10.1. The van der Waals surface area contributed by atoms with E-state index in [9.17, 15) is 14.7 Å². The number of fused-ring (bicyclic) bond motifs is 5. The summed E-state index contributed by atoms with van der Waals surface area (Å²) in [4.78, 5) is 23.1. The van der Waals surface area contributed by atoms with Gasteiger partial charge in [0, 0.05) is 19.3 Å². The summed E-state index contributed by atoms with van der Waals surface area (Å²) in [6.45, 7) is 4.83. The van der Waals surface area contributed by atoms with Crippen molar-refractivity contribution in [2.45, 2.75) is 103 Å². The van der Waals surface area contributed by atoms with Gasteiger partial charge in [0.25, 0.3) is 0 Å². The molecule has 4 fully saturated rings. The molecule has 0 radical (unpaired) electrons. The SMILES string of the molecule is C[C@]12CCC(=O)CC1CC(CCCCCC(=O)O)[C@@H]1[C@H]2CC[C@]2(C)C(O)CC[C@@H]12. The predicted octanol–water partition coefficient (Wildman–Crippen LogP) is 5.22. The average Bonchev–Trinajstić information content (AvgIpc) is 2.97. The maximum atomic E-state index is 12.3. The second kappa shape index (κ2) is 7.98. The molecule has 0 saturated heterocycles. The second-order valence-electron chi connectivity index (χ2n) is 11.4. The molecule has 0 aromatic carbocycles. The van der Waals surface area contributed by atoms with Crippen LogP contribution in [0.25, 0.3) is 0 Å². The van der Waals surface area contributed by atoms with Crippen molar-refractivity contribution < 1.29 is 19.8 Å². The largest absolute Gasteiger partial charge is 0.481 e. The van der Waals surface area contributed by atoms with E-state index >= 15 is 0 Å². The smallest absolute Gasteiger partial charge is 0.303 e. The van der Waals surface area contributed by atoms with E-state index in [-0.39, 0.29) is 17.9 Å². The number of carbonyl (C=O) groups excluding carboxylic acids is 1. The number of aliphatic hydroxyl groups excluding tert-OH is 1. The molecule has 8 atom stereocenters. The van der Waals surface area contributed by atoms with Crippen molar-refractivity contribution in [1.82, 2.24) is 0 Å². The molecule has 0 aromatic rings. The van der Waals surface area contributed by atoms with Crippen molar-refractivity contribution >= 4 is 11.8 Å². The highest BCUT2D eigenvalue weighted by Crippen LogP contribution is 2.67. The molecule has 0 spiro atoms. The zero-order chi connectivity index (χ0) is 20.8. The number of hydrogen-bond acceptors (Lipinski definition) is 3. The Kier molecular flexibility index (Phi) is 5.87. The zero-order valence-electron chi connectivity index (χ0n) is 18.4. The third kappa shape index (κ3) is 3.68. The molecule has 2 N–H and O–H groups in total. The van der Waals surface area contributed by atoms with Gasteiger partial charge in [0.1, 0.15) is 5.78 Å². The van der Waals surface area contributed by atoms with Crippen molar-refractivity contribution in [3.05, 3.63) is 0 Å². The van der Waals surface area contributed by atoms with Crippen LogP contribution in [0.4, 0.5) is 0 Å². The molecule has 4 heteroatoms. The topological polar surface area (TPSA) is 74.6 Å². The van der Waals surface area contributed by atoms with Crippen LogP contribution in [0.3, 0.4) is 0 Å². The first-order chi connectivity index (χ1) is 13.8. The Morgan fingerprint density at radius 1 is 1.03 bits per heavy atom. The third-order valence-electron chi connectivity index (χ3n) is 10.1. The molecule has 29 heavy (non-hydrogen) atoms. The summed E-state index contributed by atoms with van der Waals surface area (Å²) >= 11 is 0. The molecule has 4 aliphatic rings. The van der Waals surface area contributed by atoms with Crippen LogP contribution in [-0.2, 0) is 9.59 Å². The van der Waals surface area contributed by atoms with E-state index in [1.54, 1.807) is 0 Å². The molecule has 4 aliphatic carbocycles. The Labute approximate surface area is 175 Å². The molecule has 0 amide bonds. The fraction of sp³-hybridized carbons (Fsp3) is 0.920. The highest BCUT2D eigenvalue weighted by molar-refractivity contribution is 5.79. The Bertz CT molecular complexity index is 645. The Morgan fingerprint density at radius 3 is 2.55 bits per heavy atom. The summed E-state index contributed by atoms with van der Waals surface area (Å²) < 4.78 is 0. The van der Waals surface area contributed by atoms with Crippen LogP contribution in [0.15, 0.2) is 0 Å². The fourth-order valence-corrected chi connectivity index (χ4v) is 8.35. The minimum Gasteiger partial charge on any atom is -0.481 e. The van der Waals surface area contributed by atoms with Gasteiger partial charge < -0.3 is 10.2 Å². The van der Waals surface area contributed by atoms with Crippen molar-refractivity contribution in [3.63, 3.8) is 0 Å². The van der Waals surface area contributed by atoms with Crippen LogP contribution in [0.5, 0.6) is 0 Å². The standard InChI is InChI=1S/C25H40O4/c1-24-12-10-18(26)15-17(24)14-16(6-4-3-5-7-22(28)29)23-19-8-9-21(27)25(19,2)13-11-20(23)24/h16-17,19-21,23,27H,3-15H2,1-2H3,(H,28,29)/t16?,17?,19-,20+,21?,23-,24-,25-/m0/s1. The molecule has 0 aromatic heterocycles. The lowest BCUT2D eigenvalue weighted by atomic mass is 9.42. The predicted molar refractivity (Wildman–Crippen MR) is 112 cm³/mol. The van der Waals surface area contributed by atoms with Gasteiger partial charge in [-0.25, -0.2) is 0 Å². The van der Waals surface area contributed by atoms with Gasteiger partial charge in [-0.2, -0.15) is 0 Å². The van der Waals surface area contributed by atoms with Gasteiger partial charge >= 0.3 is 5.97 Å². The number of aliphatic carboxylic acids is 1. The van der Waals surface area contributed by atoms with Gasteiger partial charge in [-0.1, -0.05) is 33.1 Å².